The Morgan fingerprint density at radius 2 is 2.11 bits per heavy atom. The van der Waals surface area contributed by atoms with Gasteiger partial charge in [-0.05, 0) is 18.6 Å². The number of hydrogen-bond donors (Lipinski definition) is 0. The summed E-state index contributed by atoms with van der Waals surface area (Å²) in [4.78, 5) is 15.0. The Hall–Kier alpha value is -1.68. The van der Waals surface area contributed by atoms with E-state index in [1.165, 1.54) is 0 Å². The van der Waals surface area contributed by atoms with Crippen molar-refractivity contribution in [2.45, 2.75) is 26.8 Å². The van der Waals surface area contributed by atoms with Gasteiger partial charge in [0.05, 0.1) is 0 Å². The van der Waals surface area contributed by atoms with E-state index < -0.39 is 0 Å². The second kappa shape index (κ2) is 5.97. The van der Waals surface area contributed by atoms with Crippen LogP contribution in [-0.4, -0.2) is 22.0 Å². The molecule has 0 aliphatic rings. The highest BCUT2D eigenvalue weighted by Crippen LogP contribution is 2.23. The molecule has 0 aliphatic heterocycles. The van der Waals surface area contributed by atoms with Gasteiger partial charge in [-0.15, -0.1) is 0 Å². The first kappa shape index (κ1) is 13.7. The highest BCUT2D eigenvalue weighted by Gasteiger charge is 2.12. The van der Waals surface area contributed by atoms with Crippen LogP contribution in [0.3, 0.4) is 0 Å². The van der Waals surface area contributed by atoms with Gasteiger partial charge in [-0.2, -0.15) is 0 Å². The van der Waals surface area contributed by atoms with Gasteiger partial charge in [0.25, 0.3) is 0 Å². The molecule has 2 rings (SSSR count). The van der Waals surface area contributed by atoms with E-state index in [0.29, 0.717) is 5.15 Å². The Labute approximate surface area is 118 Å². The quantitative estimate of drug-likeness (QED) is 0.805. The van der Waals surface area contributed by atoms with Crippen LogP contribution < -0.4 is 4.90 Å². The molecule has 0 bridgehead atoms. The Morgan fingerprint density at radius 3 is 2.74 bits per heavy atom. The third-order valence-electron chi connectivity index (χ3n) is 2.93. The zero-order valence-electron chi connectivity index (χ0n) is 11.4. The maximum Gasteiger partial charge on any atom is 0.137 e. The van der Waals surface area contributed by atoms with E-state index in [1.54, 1.807) is 6.20 Å². The number of aryl methyl sites for hydroxylation is 1. The van der Waals surface area contributed by atoms with Crippen LogP contribution in [0.15, 0.2) is 24.5 Å². The molecule has 0 aromatic carbocycles. The fraction of sp³-hybridized carbons (Fsp3) is 0.357. The molecular formula is C14H17ClN4. The van der Waals surface area contributed by atoms with Gasteiger partial charge in [0.15, 0.2) is 0 Å². The van der Waals surface area contributed by atoms with Crippen LogP contribution in [-0.2, 0) is 13.0 Å². The summed E-state index contributed by atoms with van der Waals surface area (Å²) in [6, 6.07) is 3.98. The molecular weight excluding hydrogens is 260 g/mol. The van der Waals surface area contributed by atoms with Crippen molar-refractivity contribution < 1.29 is 0 Å². The van der Waals surface area contributed by atoms with Crippen molar-refractivity contribution in [1.82, 2.24) is 15.0 Å². The van der Waals surface area contributed by atoms with E-state index in [-0.39, 0.29) is 0 Å². The van der Waals surface area contributed by atoms with Gasteiger partial charge in [-0.25, -0.2) is 9.97 Å². The second-order valence-electron chi connectivity index (χ2n) is 4.45. The molecule has 0 fully saturated rings. The minimum absolute atomic E-state index is 0.528. The van der Waals surface area contributed by atoms with E-state index in [0.717, 1.165) is 35.7 Å². The molecule has 2 heterocycles. The fourth-order valence-corrected chi connectivity index (χ4v) is 2.07. The lowest BCUT2D eigenvalue weighted by Gasteiger charge is -2.21. The average molecular weight is 277 g/mol. The summed E-state index contributed by atoms with van der Waals surface area (Å²) >= 11 is 6.15. The highest BCUT2D eigenvalue weighted by atomic mass is 35.5. The Morgan fingerprint density at radius 1 is 1.32 bits per heavy atom. The topological polar surface area (TPSA) is 41.9 Å². The zero-order valence-corrected chi connectivity index (χ0v) is 12.1. The van der Waals surface area contributed by atoms with E-state index in [4.69, 9.17) is 11.6 Å². The van der Waals surface area contributed by atoms with Gasteiger partial charge < -0.3 is 4.90 Å². The summed E-state index contributed by atoms with van der Waals surface area (Å²) in [5, 5.41) is 0.528. The van der Waals surface area contributed by atoms with Crippen LogP contribution >= 0.6 is 11.6 Å². The van der Waals surface area contributed by atoms with Crippen LogP contribution in [0.5, 0.6) is 0 Å². The number of pyridine rings is 1. The van der Waals surface area contributed by atoms with Crippen molar-refractivity contribution in [3.8, 4) is 0 Å². The fourth-order valence-electron chi connectivity index (χ4n) is 1.89. The number of nitrogens with zero attached hydrogens (tertiary/aromatic N) is 4. The number of hydrogen-bond acceptors (Lipinski definition) is 4. The van der Waals surface area contributed by atoms with Gasteiger partial charge in [0, 0.05) is 38.0 Å². The molecule has 0 amide bonds. The summed E-state index contributed by atoms with van der Waals surface area (Å²) in [6.45, 7) is 4.70. The molecule has 0 saturated heterocycles. The van der Waals surface area contributed by atoms with Crippen LogP contribution in [0.25, 0.3) is 0 Å². The maximum atomic E-state index is 6.15. The van der Waals surface area contributed by atoms with Crippen LogP contribution in [0.4, 0.5) is 5.82 Å². The lowest BCUT2D eigenvalue weighted by atomic mass is 10.2. The molecule has 19 heavy (non-hydrogen) atoms. The molecule has 0 atom stereocenters. The van der Waals surface area contributed by atoms with Gasteiger partial charge >= 0.3 is 0 Å². The molecule has 5 heteroatoms. The average Bonchev–Trinajstić information content (AvgIpc) is 2.42. The molecule has 0 N–H and O–H groups in total. The van der Waals surface area contributed by atoms with Crippen molar-refractivity contribution in [3.05, 3.63) is 46.6 Å². The molecule has 0 saturated carbocycles. The number of aromatic nitrogens is 3. The molecule has 2 aromatic rings. The van der Waals surface area contributed by atoms with E-state index in [2.05, 4.69) is 19.9 Å². The minimum Gasteiger partial charge on any atom is -0.355 e. The smallest absolute Gasteiger partial charge is 0.137 e. The molecule has 0 spiro atoms. The predicted octanol–water partition coefficient (Wildman–Crippen LogP) is 3.03. The van der Waals surface area contributed by atoms with Crippen LogP contribution in [0, 0.1) is 6.92 Å². The van der Waals surface area contributed by atoms with E-state index >= 15 is 0 Å². The van der Waals surface area contributed by atoms with E-state index in [9.17, 15) is 0 Å². The molecule has 0 unspecified atom stereocenters. The van der Waals surface area contributed by atoms with E-state index in [1.807, 2.05) is 39.2 Å². The summed E-state index contributed by atoms with van der Waals surface area (Å²) in [7, 11) is 2.00. The summed E-state index contributed by atoms with van der Waals surface area (Å²) in [6.07, 6.45) is 4.40. The second-order valence-corrected chi connectivity index (χ2v) is 4.81. The summed E-state index contributed by atoms with van der Waals surface area (Å²) < 4.78 is 0. The maximum absolute atomic E-state index is 6.15. The van der Waals surface area contributed by atoms with Gasteiger partial charge in [-0.1, -0.05) is 24.6 Å². The largest absolute Gasteiger partial charge is 0.355 e. The van der Waals surface area contributed by atoms with Gasteiger partial charge in [-0.3, -0.25) is 4.98 Å². The molecule has 0 aliphatic carbocycles. The third-order valence-corrected chi connectivity index (χ3v) is 3.30. The first-order valence-corrected chi connectivity index (χ1v) is 6.62. The Balaban J connectivity index is 2.28. The molecule has 4 nitrogen and oxygen atoms in total. The van der Waals surface area contributed by atoms with Gasteiger partial charge in [0.2, 0.25) is 0 Å². The molecule has 2 aromatic heterocycles. The number of halogens is 1. The normalized spacial score (nSPS) is 10.5. The van der Waals surface area contributed by atoms with Crippen LogP contribution in [0.2, 0.25) is 5.15 Å². The number of anilines is 1. The van der Waals surface area contributed by atoms with Crippen molar-refractivity contribution in [2.24, 2.45) is 0 Å². The Kier molecular flexibility index (Phi) is 4.32. The summed E-state index contributed by atoms with van der Waals surface area (Å²) in [5.41, 5.74) is 2.04. The standard InChI is InChI=1S/C14H17ClN4/c1-4-12-17-13(15)10(2)14(18-12)19(3)9-11-6-5-7-16-8-11/h5-8H,4,9H2,1-3H3. The minimum atomic E-state index is 0.528. The zero-order chi connectivity index (χ0) is 13.8. The summed E-state index contributed by atoms with van der Waals surface area (Å²) in [5.74, 6) is 1.64. The monoisotopic (exact) mass is 276 g/mol. The van der Waals surface area contributed by atoms with Crippen molar-refractivity contribution in [1.29, 1.82) is 0 Å². The molecule has 0 radical (unpaired) electrons. The lowest BCUT2D eigenvalue weighted by Crippen LogP contribution is -2.20. The van der Waals surface area contributed by atoms with Crippen molar-refractivity contribution in [3.63, 3.8) is 0 Å². The first-order chi connectivity index (χ1) is 9.11. The van der Waals surface area contributed by atoms with Crippen molar-refractivity contribution in [2.75, 3.05) is 11.9 Å². The van der Waals surface area contributed by atoms with Crippen molar-refractivity contribution >= 4 is 17.4 Å². The first-order valence-electron chi connectivity index (χ1n) is 6.25. The lowest BCUT2D eigenvalue weighted by molar-refractivity contribution is 0.846. The van der Waals surface area contributed by atoms with Crippen LogP contribution in [0.1, 0.15) is 23.9 Å². The molecule has 100 valence electrons. The number of rotatable bonds is 4. The Bertz CT molecular complexity index is 557. The van der Waals surface area contributed by atoms with Gasteiger partial charge in [0.1, 0.15) is 16.8 Å². The highest BCUT2D eigenvalue weighted by molar-refractivity contribution is 6.30. The SMILES string of the molecule is CCc1nc(Cl)c(C)c(N(C)Cc2cccnc2)n1. The third kappa shape index (κ3) is 3.20. The predicted molar refractivity (Wildman–Crippen MR) is 77.5 cm³/mol.